The lowest BCUT2D eigenvalue weighted by Gasteiger charge is -2.21. The van der Waals surface area contributed by atoms with E-state index < -0.39 is 7.71 Å². The van der Waals surface area contributed by atoms with Gasteiger partial charge in [0.15, 0.2) is 0 Å². The molecule has 10 heavy (non-hydrogen) atoms. The van der Waals surface area contributed by atoms with E-state index in [1.807, 2.05) is 0 Å². The third-order valence-electron chi connectivity index (χ3n) is 1.06. The first-order valence-corrected chi connectivity index (χ1v) is 5.97. The molecule has 0 bridgehead atoms. The zero-order chi connectivity index (χ0) is 7.61. The van der Waals surface area contributed by atoms with E-state index in [-0.39, 0.29) is 5.92 Å². The van der Waals surface area contributed by atoms with Crippen LogP contribution in [0.3, 0.4) is 0 Å². The van der Waals surface area contributed by atoms with Crippen LogP contribution in [0.25, 0.3) is 0 Å². The average molecular weight is 194 g/mol. The van der Waals surface area contributed by atoms with Gasteiger partial charge in [-0.25, -0.2) is 0 Å². The fraction of sp³-hybridized carbons (Fsp3) is 0.600. The molecule has 1 aliphatic rings. The summed E-state index contributed by atoms with van der Waals surface area (Å²) in [5.74, 6) is 2.53. The number of hydrogen-bond donors (Lipinski definition) is 0. The van der Waals surface area contributed by atoms with Crippen molar-refractivity contribution in [2.45, 2.75) is 0 Å². The Hall–Kier alpha value is 0.270. The summed E-state index contributed by atoms with van der Waals surface area (Å²) < 4.78 is 10.0. The fourth-order valence-corrected chi connectivity index (χ4v) is 1.91. The maximum Gasteiger partial charge on any atom is 0.137 e. The normalized spacial score (nSPS) is 25.5. The maximum absolute atomic E-state index is 5.12. The highest BCUT2D eigenvalue weighted by atomic mass is 33.1. The molecule has 1 rings (SSSR count). The van der Waals surface area contributed by atoms with Crippen LogP contribution in [0.15, 0.2) is 0 Å². The van der Waals surface area contributed by atoms with Gasteiger partial charge in [0.05, 0.1) is 19.1 Å². The molecule has 0 aromatic heterocycles. The Balaban J connectivity index is 2.56. The van der Waals surface area contributed by atoms with Gasteiger partial charge in [0.2, 0.25) is 0 Å². The minimum atomic E-state index is -2.05. The molecule has 5 heteroatoms. The molecule has 0 atom stereocenters. The van der Waals surface area contributed by atoms with E-state index in [9.17, 15) is 0 Å². The van der Waals surface area contributed by atoms with Gasteiger partial charge < -0.3 is 0 Å². The smallest absolute Gasteiger partial charge is 0.137 e. The second-order valence-electron chi connectivity index (χ2n) is 1.84. The predicted molar refractivity (Wildman–Crippen MR) is 46.3 cm³/mol. The van der Waals surface area contributed by atoms with Gasteiger partial charge in [-0.05, 0) is 0 Å². The molecular weight excluding hydrogens is 188 g/mol. The van der Waals surface area contributed by atoms with Gasteiger partial charge in [-0.1, -0.05) is 5.92 Å². The molecule has 0 unspecified atom stereocenters. The average Bonchev–Trinajstić information content (AvgIpc) is 1.88. The van der Waals surface area contributed by atoms with Gasteiger partial charge in [-0.3, -0.25) is 8.37 Å². The molecule has 0 spiro atoms. The molecule has 1 heterocycles. The monoisotopic (exact) mass is 194 g/mol. The molecule has 0 aliphatic carbocycles. The fourth-order valence-electron chi connectivity index (χ4n) is 0.509. The Morgan fingerprint density at radius 3 is 2.30 bits per heavy atom. The van der Waals surface area contributed by atoms with Crippen molar-refractivity contribution in [3.8, 4) is 12.3 Å². The molecule has 1 fully saturated rings. The van der Waals surface area contributed by atoms with Gasteiger partial charge in [0.25, 0.3) is 0 Å². The molecule has 0 amide bonds. The van der Waals surface area contributed by atoms with E-state index in [1.165, 1.54) is 0 Å². The molecule has 0 saturated carbocycles. The van der Waals surface area contributed by atoms with Crippen LogP contribution in [0.2, 0.25) is 0 Å². The van der Waals surface area contributed by atoms with Crippen LogP contribution >= 0.6 is 0 Å². The minimum absolute atomic E-state index is 0.0199. The molecule has 56 valence electrons. The summed E-state index contributed by atoms with van der Waals surface area (Å²) in [6, 6.07) is 0. The molecule has 0 aromatic rings. The lowest BCUT2D eigenvalue weighted by molar-refractivity contribution is 0.169. The lowest BCUT2D eigenvalue weighted by atomic mass is 10.2. The number of terminal acetylenes is 1. The Labute approximate surface area is 70.1 Å². The van der Waals surface area contributed by atoms with Crippen LogP contribution in [0.4, 0.5) is 0 Å². The van der Waals surface area contributed by atoms with Crippen LogP contribution in [0.1, 0.15) is 0 Å². The molecule has 1 saturated heterocycles. The van der Waals surface area contributed by atoms with Crippen molar-refractivity contribution in [3.05, 3.63) is 0 Å². The molecule has 2 nitrogen and oxygen atoms in total. The van der Waals surface area contributed by atoms with Crippen molar-refractivity contribution < 1.29 is 8.37 Å². The highest BCUT2D eigenvalue weighted by Gasteiger charge is 2.17. The largest absolute Gasteiger partial charge is 0.289 e. The van der Waals surface area contributed by atoms with Crippen molar-refractivity contribution in [2.24, 2.45) is 5.92 Å². The van der Waals surface area contributed by atoms with E-state index in [1.54, 1.807) is 0 Å². The topological polar surface area (TPSA) is 18.5 Å². The molecule has 0 radical (unpaired) electrons. The third-order valence-corrected chi connectivity index (χ3v) is 3.07. The molecule has 0 N–H and O–H groups in total. The predicted octanol–water partition coefficient (Wildman–Crippen LogP) is 0.190. The highest BCUT2D eigenvalue weighted by molar-refractivity contribution is 8.51. The molecular formula is C5H6O2S3. The standard InChI is InChI=1S/C5H6O2S3/c1-2-5-3-6-10(8,9)7-4-5/h1,5H,3-4H2. The minimum Gasteiger partial charge on any atom is -0.289 e. The van der Waals surface area contributed by atoms with E-state index in [2.05, 4.69) is 5.92 Å². The summed E-state index contributed by atoms with van der Waals surface area (Å²) >= 11 is 9.56. The molecule has 0 aromatic carbocycles. The SMILES string of the molecule is C#CC1COS(=S)(=S)OC1. The zero-order valence-corrected chi connectivity index (χ0v) is 7.56. The summed E-state index contributed by atoms with van der Waals surface area (Å²) in [7, 11) is -2.05. The van der Waals surface area contributed by atoms with Gasteiger partial charge in [0, 0.05) is 22.4 Å². The third kappa shape index (κ3) is 2.15. The summed E-state index contributed by atoms with van der Waals surface area (Å²) in [4.78, 5) is 0. The highest BCUT2D eigenvalue weighted by Crippen LogP contribution is 2.11. The van der Waals surface area contributed by atoms with Crippen molar-refractivity contribution in [1.82, 2.24) is 0 Å². The first-order chi connectivity index (χ1) is 4.64. The van der Waals surface area contributed by atoms with Crippen molar-refractivity contribution in [2.75, 3.05) is 13.2 Å². The Bertz CT molecular complexity index is 235. The summed E-state index contributed by atoms with van der Waals surface area (Å²) in [6.45, 7) is 0.887. The number of rotatable bonds is 0. The Kier molecular flexibility index (Phi) is 2.61. The second kappa shape index (κ2) is 3.11. The number of hydrogen-bond acceptors (Lipinski definition) is 4. The van der Waals surface area contributed by atoms with Gasteiger partial charge in [0.1, 0.15) is 7.71 Å². The van der Waals surface area contributed by atoms with Crippen LogP contribution in [0, 0.1) is 18.3 Å². The van der Waals surface area contributed by atoms with Crippen molar-refractivity contribution >= 4 is 30.1 Å². The Morgan fingerprint density at radius 1 is 1.40 bits per heavy atom. The summed E-state index contributed by atoms with van der Waals surface area (Å²) in [5, 5.41) is 0. The summed E-state index contributed by atoms with van der Waals surface area (Å²) in [6.07, 6.45) is 5.12. The first-order valence-electron chi connectivity index (χ1n) is 2.64. The quantitative estimate of drug-likeness (QED) is 0.512. The van der Waals surface area contributed by atoms with E-state index in [0.29, 0.717) is 13.2 Å². The zero-order valence-electron chi connectivity index (χ0n) is 5.11. The van der Waals surface area contributed by atoms with Gasteiger partial charge in [-0.15, -0.1) is 6.42 Å². The van der Waals surface area contributed by atoms with E-state index in [0.717, 1.165) is 0 Å². The first kappa shape index (κ1) is 8.37. The van der Waals surface area contributed by atoms with Gasteiger partial charge in [-0.2, -0.15) is 0 Å². The summed E-state index contributed by atoms with van der Waals surface area (Å²) in [5.41, 5.74) is 0. The second-order valence-corrected chi connectivity index (χ2v) is 6.39. The van der Waals surface area contributed by atoms with Crippen molar-refractivity contribution in [3.63, 3.8) is 0 Å². The molecule has 1 aliphatic heterocycles. The maximum atomic E-state index is 5.12. The van der Waals surface area contributed by atoms with Crippen LogP contribution in [-0.4, -0.2) is 13.2 Å². The van der Waals surface area contributed by atoms with E-state index >= 15 is 0 Å². The van der Waals surface area contributed by atoms with Crippen LogP contribution < -0.4 is 0 Å². The van der Waals surface area contributed by atoms with Crippen molar-refractivity contribution in [1.29, 1.82) is 0 Å². The Morgan fingerprint density at radius 2 is 1.90 bits per heavy atom. The van der Waals surface area contributed by atoms with Crippen LogP contribution in [0.5, 0.6) is 0 Å². The van der Waals surface area contributed by atoms with Gasteiger partial charge >= 0.3 is 0 Å². The lowest BCUT2D eigenvalue weighted by Crippen LogP contribution is -2.25. The van der Waals surface area contributed by atoms with E-state index in [4.69, 9.17) is 37.2 Å². The van der Waals surface area contributed by atoms with Crippen LogP contribution in [-0.2, 0) is 38.5 Å².